The van der Waals surface area contributed by atoms with Gasteiger partial charge in [0, 0.05) is 11.7 Å². The molecule has 0 saturated carbocycles. The summed E-state index contributed by atoms with van der Waals surface area (Å²) >= 11 is 0. The standard InChI is InChI=1S/C13H17N3/c1-10-8-15-16(9-10)12-7-5-4-6-11(12)13(2,3)14/h4-9H,14H2,1-3H3. The number of hydrogen-bond acceptors (Lipinski definition) is 2. The van der Waals surface area contributed by atoms with Crippen LogP contribution in [-0.2, 0) is 5.54 Å². The largest absolute Gasteiger partial charge is 0.322 e. The number of nitrogens with zero attached hydrogens (tertiary/aromatic N) is 2. The van der Waals surface area contributed by atoms with Crippen LogP contribution in [0.2, 0.25) is 0 Å². The van der Waals surface area contributed by atoms with Gasteiger partial charge in [0.1, 0.15) is 0 Å². The van der Waals surface area contributed by atoms with E-state index in [4.69, 9.17) is 5.73 Å². The average Bonchev–Trinajstić information content (AvgIpc) is 2.64. The van der Waals surface area contributed by atoms with Gasteiger partial charge in [0.05, 0.1) is 11.9 Å². The molecule has 0 bridgehead atoms. The van der Waals surface area contributed by atoms with Crippen LogP contribution < -0.4 is 5.73 Å². The Hall–Kier alpha value is -1.61. The lowest BCUT2D eigenvalue weighted by molar-refractivity contribution is 0.549. The molecule has 1 aromatic heterocycles. The molecule has 0 aliphatic rings. The molecule has 84 valence electrons. The predicted octanol–water partition coefficient (Wildman–Crippen LogP) is 2.37. The molecule has 2 rings (SSSR count). The lowest BCUT2D eigenvalue weighted by Gasteiger charge is -2.22. The molecule has 0 aliphatic carbocycles. The van der Waals surface area contributed by atoms with Crippen LogP contribution in [0.1, 0.15) is 25.0 Å². The van der Waals surface area contributed by atoms with Crippen LogP contribution in [0.4, 0.5) is 0 Å². The van der Waals surface area contributed by atoms with Gasteiger partial charge in [0.2, 0.25) is 0 Å². The third-order valence-corrected chi connectivity index (χ3v) is 2.56. The maximum atomic E-state index is 6.16. The van der Waals surface area contributed by atoms with E-state index in [1.165, 1.54) is 0 Å². The Balaban J connectivity index is 2.57. The lowest BCUT2D eigenvalue weighted by atomic mass is 9.94. The van der Waals surface area contributed by atoms with E-state index in [0.29, 0.717) is 0 Å². The number of aryl methyl sites for hydroxylation is 1. The molecule has 2 N–H and O–H groups in total. The lowest BCUT2D eigenvalue weighted by Crippen LogP contribution is -2.30. The normalized spacial score (nSPS) is 11.8. The summed E-state index contributed by atoms with van der Waals surface area (Å²) in [6, 6.07) is 8.09. The van der Waals surface area contributed by atoms with Crippen LogP contribution in [0, 0.1) is 6.92 Å². The van der Waals surface area contributed by atoms with Crippen molar-refractivity contribution in [2.24, 2.45) is 5.73 Å². The highest BCUT2D eigenvalue weighted by atomic mass is 15.3. The summed E-state index contributed by atoms with van der Waals surface area (Å²) in [7, 11) is 0. The third-order valence-electron chi connectivity index (χ3n) is 2.56. The van der Waals surface area contributed by atoms with Crippen molar-refractivity contribution in [2.45, 2.75) is 26.3 Å². The number of hydrogen-bond donors (Lipinski definition) is 1. The fourth-order valence-corrected chi connectivity index (χ4v) is 1.76. The van der Waals surface area contributed by atoms with E-state index in [0.717, 1.165) is 16.8 Å². The molecule has 0 aliphatic heterocycles. The molecular weight excluding hydrogens is 198 g/mol. The summed E-state index contributed by atoms with van der Waals surface area (Å²) in [6.07, 6.45) is 3.85. The van der Waals surface area contributed by atoms with Crippen molar-refractivity contribution in [1.29, 1.82) is 0 Å². The van der Waals surface area contributed by atoms with Crippen LogP contribution >= 0.6 is 0 Å². The summed E-state index contributed by atoms with van der Waals surface area (Å²) in [5.41, 5.74) is 9.08. The van der Waals surface area contributed by atoms with Crippen molar-refractivity contribution in [1.82, 2.24) is 9.78 Å². The zero-order valence-corrected chi connectivity index (χ0v) is 9.94. The van der Waals surface area contributed by atoms with Gasteiger partial charge in [-0.1, -0.05) is 18.2 Å². The van der Waals surface area contributed by atoms with Crippen molar-refractivity contribution >= 4 is 0 Å². The highest BCUT2D eigenvalue weighted by Gasteiger charge is 2.18. The van der Waals surface area contributed by atoms with E-state index < -0.39 is 0 Å². The van der Waals surface area contributed by atoms with Gasteiger partial charge in [-0.2, -0.15) is 5.10 Å². The topological polar surface area (TPSA) is 43.8 Å². The van der Waals surface area contributed by atoms with Crippen molar-refractivity contribution < 1.29 is 0 Å². The fraction of sp³-hybridized carbons (Fsp3) is 0.308. The minimum absolute atomic E-state index is 0.365. The minimum atomic E-state index is -0.365. The quantitative estimate of drug-likeness (QED) is 0.835. The fourth-order valence-electron chi connectivity index (χ4n) is 1.76. The monoisotopic (exact) mass is 215 g/mol. The van der Waals surface area contributed by atoms with Gasteiger partial charge in [-0.15, -0.1) is 0 Å². The molecule has 0 spiro atoms. The highest BCUT2D eigenvalue weighted by Crippen LogP contribution is 2.24. The Kier molecular flexibility index (Phi) is 2.56. The van der Waals surface area contributed by atoms with Gasteiger partial charge in [0.15, 0.2) is 0 Å². The van der Waals surface area contributed by atoms with Gasteiger partial charge in [-0.05, 0) is 38.0 Å². The predicted molar refractivity (Wildman–Crippen MR) is 65.5 cm³/mol. The van der Waals surface area contributed by atoms with Crippen LogP contribution in [0.5, 0.6) is 0 Å². The maximum absolute atomic E-state index is 6.16. The minimum Gasteiger partial charge on any atom is -0.322 e. The van der Waals surface area contributed by atoms with E-state index >= 15 is 0 Å². The maximum Gasteiger partial charge on any atom is 0.0696 e. The molecule has 2 aromatic rings. The van der Waals surface area contributed by atoms with Crippen molar-refractivity contribution in [2.75, 3.05) is 0 Å². The number of benzene rings is 1. The van der Waals surface area contributed by atoms with Crippen LogP contribution in [0.3, 0.4) is 0 Å². The van der Waals surface area contributed by atoms with Gasteiger partial charge in [0.25, 0.3) is 0 Å². The smallest absolute Gasteiger partial charge is 0.0696 e. The van der Waals surface area contributed by atoms with E-state index in [2.05, 4.69) is 5.10 Å². The number of nitrogens with two attached hydrogens (primary N) is 1. The average molecular weight is 215 g/mol. The van der Waals surface area contributed by atoms with Gasteiger partial charge in [-0.3, -0.25) is 0 Å². The first-order valence-electron chi connectivity index (χ1n) is 5.38. The SMILES string of the molecule is Cc1cnn(-c2ccccc2C(C)(C)N)c1. The molecule has 1 aromatic carbocycles. The second-order valence-corrected chi connectivity index (χ2v) is 4.70. The molecule has 0 radical (unpaired) electrons. The molecule has 0 fully saturated rings. The Labute approximate surface area is 95.9 Å². The molecule has 0 amide bonds. The molecule has 0 unspecified atom stereocenters. The third kappa shape index (κ3) is 1.99. The Morgan fingerprint density at radius 1 is 1.25 bits per heavy atom. The molecule has 3 nitrogen and oxygen atoms in total. The summed E-state index contributed by atoms with van der Waals surface area (Å²) < 4.78 is 1.87. The molecular formula is C13H17N3. The summed E-state index contributed by atoms with van der Waals surface area (Å²) in [5, 5.41) is 4.32. The Morgan fingerprint density at radius 3 is 2.50 bits per heavy atom. The molecule has 0 atom stereocenters. The van der Waals surface area contributed by atoms with Crippen molar-refractivity contribution in [3.05, 3.63) is 47.8 Å². The highest BCUT2D eigenvalue weighted by molar-refractivity contribution is 5.44. The second-order valence-electron chi connectivity index (χ2n) is 4.70. The van der Waals surface area contributed by atoms with Crippen LogP contribution in [0.25, 0.3) is 5.69 Å². The summed E-state index contributed by atoms with van der Waals surface area (Å²) in [4.78, 5) is 0. The Morgan fingerprint density at radius 2 is 1.94 bits per heavy atom. The zero-order chi connectivity index (χ0) is 11.8. The van der Waals surface area contributed by atoms with E-state index in [1.54, 1.807) is 0 Å². The second kappa shape index (κ2) is 3.76. The molecule has 3 heteroatoms. The first-order valence-corrected chi connectivity index (χ1v) is 5.38. The van der Waals surface area contributed by atoms with Crippen molar-refractivity contribution in [3.63, 3.8) is 0 Å². The number of rotatable bonds is 2. The first-order chi connectivity index (χ1) is 7.48. The molecule has 0 saturated heterocycles. The van der Waals surface area contributed by atoms with Crippen LogP contribution in [-0.4, -0.2) is 9.78 Å². The van der Waals surface area contributed by atoms with Gasteiger partial charge in [-0.25, -0.2) is 4.68 Å². The van der Waals surface area contributed by atoms with Crippen molar-refractivity contribution in [3.8, 4) is 5.69 Å². The number of aromatic nitrogens is 2. The van der Waals surface area contributed by atoms with Crippen LogP contribution in [0.15, 0.2) is 36.7 Å². The molecule has 16 heavy (non-hydrogen) atoms. The van der Waals surface area contributed by atoms with E-state index in [9.17, 15) is 0 Å². The van der Waals surface area contributed by atoms with E-state index in [-0.39, 0.29) is 5.54 Å². The van der Waals surface area contributed by atoms with Gasteiger partial charge < -0.3 is 5.73 Å². The van der Waals surface area contributed by atoms with E-state index in [1.807, 2.05) is 62.1 Å². The summed E-state index contributed by atoms with van der Waals surface area (Å²) in [5.74, 6) is 0. The molecule has 1 heterocycles. The van der Waals surface area contributed by atoms with Gasteiger partial charge >= 0.3 is 0 Å². The summed E-state index contributed by atoms with van der Waals surface area (Å²) in [6.45, 7) is 6.03. The first kappa shape index (κ1) is 10.9. The Bertz CT molecular complexity index is 492. The number of para-hydroxylation sites is 1. The zero-order valence-electron chi connectivity index (χ0n) is 9.94.